The molecular formula is C13H11F3N2O3. The number of nitrogens with zero attached hydrogens (tertiary/aromatic N) is 1. The van der Waals surface area contributed by atoms with Crippen molar-refractivity contribution in [3.8, 4) is 0 Å². The van der Waals surface area contributed by atoms with E-state index in [-0.39, 0.29) is 25.1 Å². The molecule has 1 aliphatic rings. The van der Waals surface area contributed by atoms with Crippen LogP contribution in [0.4, 0.5) is 13.2 Å². The van der Waals surface area contributed by atoms with Crippen LogP contribution in [0.15, 0.2) is 24.3 Å². The highest BCUT2D eigenvalue weighted by Gasteiger charge is 2.31. The van der Waals surface area contributed by atoms with Gasteiger partial charge in [-0.15, -0.1) is 0 Å². The lowest BCUT2D eigenvalue weighted by Crippen LogP contribution is -2.53. The maximum atomic E-state index is 12.6. The molecule has 1 aliphatic heterocycles. The molecule has 1 N–H and O–H groups in total. The van der Waals surface area contributed by atoms with Gasteiger partial charge in [-0.3, -0.25) is 19.7 Å². The Balaban J connectivity index is 2.09. The highest BCUT2D eigenvalue weighted by atomic mass is 19.4. The Morgan fingerprint density at radius 3 is 2.38 bits per heavy atom. The molecule has 1 heterocycles. The van der Waals surface area contributed by atoms with Crippen LogP contribution in [-0.4, -0.2) is 35.7 Å². The molecule has 0 atom stereocenters. The molecule has 2 rings (SSSR count). The van der Waals surface area contributed by atoms with Crippen LogP contribution >= 0.6 is 0 Å². The summed E-state index contributed by atoms with van der Waals surface area (Å²) in [6.07, 6.45) is -4.79. The fraction of sp³-hybridized carbons (Fsp3) is 0.308. The number of hydrogen-bond donors (Lipinski definition) is 1. The van der Waals surface area contributed by atoms with Gasteiger partial charge in [0.05, 0.1) is 12.0 Å². The van der Waals surface area contributed by atoms with Gasteiger partial charge in [-0.05, 0) is 11.6 Å². The molecule has 1 aromatic carbocycles. The van der Waals surface area contributed by atoms with E-state index in [0.29, 0.717) is 0 Å². The van der Waals surface area contributed by atoms with E-state index in [1.807, 2.05) is 5.32 Å². The minimum atomic E-state index is -4.49. The molecule has 0 aromatic heterocycles. The van der Waals surface area contributed by atoms with Crippen molar-refractivity contribution in [3.63, 3.8) is 0 Å². The van der Waals surface area contributed by atoms with Gasteiger partial charge in [-0.25, -0.2) is 0 Å². The highest BCUT2D eigenvalue weighted by molar-refractivity contribution is 6.02. The number of benzene rings is 1. The molecule has 8 heteroatoms. The van der Waals surface area contributed by atoms with E-state index in [1.165, 1.54) is 12.1 Å². The van der Waals surface area contributed by atoms with Gasteiger partial charge in [0.1, 0.15) is 13.1 Å². The van der Waals surface area contributed by atoms with Gasteiger partial charge >= 0.3 is 6.18 Å². The number of amides is 3. The molecule has 21 heavy (non-hydrogen) atoms. The largest absolute Gasteiger partial charge is 0.416 e. The van der Waals surface area contributed by atoms with Crippen molar-refractivity contribution in [2.45, 2.75) is 12.6 Å². The minimum absolute atomic E-state index is 0.174. The Morgan fingerprint density at radius 1 is 1.19 bits per heavy atom. The summed E-state index contributed by atoms with van der Waals surface area (Å²) in [6, 6.07) is 4.38. The van der Waals surface area contributed by atoms with Crippen LogP contribution in [0.1, 0.15) is 11.1 Å². The van der Waals surface area contributed by atoms with Crippen LogP contribution in [0, 0.1) is 0 Å². The average molecular weight is 300 g/mol. The van der Waals surface area contributed by atoms with Crippen molar-refractivity contribution in [1.29, 1.82) is 0 Å². The third kappa shape index (κ3) is 3.80. The second kappa shape index (κ2) is 5.55. The molecule has 0 aliphatic carbocycles. The molecular weight excluding hydrogens is 289 g/mol. The van der Waals surface area contributed by atoms with Gasteiger partial charge in [-0.2, -0.15) is 13.2 Å². The number of carbonyl (C=O) groups excluding carboxylic acids is 3. The first kappa shape index (κ1) is 15.0. The van der Waals surface area contributed by atoms with Crippen molar-refractivity contribution in [1.82, 2.24) is 10.2 Å². The second-order valence-corrected chi connectivity index (χ2v) is 4.60. The average Bonchev–Trinajstić information content (AvgIpc) is 2.37. The van der Waals surface area contributed by atoms with E-state index in [2.05, 4.69) is 0 Å². The normalized spacial score (nSPS) is 15.9. The lowest BCUT2D eigenvalue weighted by Gasteiger charge is -2.25. The van der Waals surface area contributed by atoms with Crippen LogP contribution in [0.5, 0.6) is 0 Å². The predicted molar refractivity (Wildman–Crippen MR) is 64.9 cm³/mol. The van der Waals surface area contributed by atoms with Gasteiger partial charge in [0, 0.05) is 0 Å². The molecule has 3 amide bonds. The Kier molecular flexibility index (Phi) is 3.97. The van der Waals surface area contributed by atoms with Crippen LogP contribution in [0.25, 0.3) is 0 Å². The van der Waals surface area contributed by atoms with Crippen molar-refractivity contribution < 1.29 is 27.6 Å². The van der Waals surface area contributed by atoms with Crippen LogP contribution in [0.2, 0.25) is 0 Å². The molecule has 1 fully saturated rings. The summed E-state index contributed by atoms with van der Waals surface area (Å²) >= 11 is 0. The van der Waals surface area contributed by atoms with E-state index in [0.717, 1.165) is 17.0 Å². The minimum Gasteiger partial charge on any atom is -0.324 e. The van der Waals surface area contributed by atoms with Gasteiger partial charge in [0.25, 0.3) is 0 Å². The highest BCUT2D eigenvalue weighted by Crippen LogP contribution is 2.29. The maximum absolute atomic E-state index is 12.6. The number of imide groups is 1. The van der Waals surface area contributed by atoms with Gasteiger partial charge in [0.15, 0.2) is 0 Å². The Labute approximate surface area is 117 Å². The number of carbonyl (C=O) groups is 3. The molecule has 0 saturated carbocycles. The lowest BCUT2D eigenvalue weighted by atomic mass is 10.1. The number of rotatable bonds is 2. The zero-order valence-electron chi connectivity index (χ0n) is 10.7. The quantitative estimate of drug-likeness (QED) is 0.819. The lowest BCUT2D eigenvalue weighted by molar-refractivity contribution is -0.145. The SMILES string of the molecule is O=C1CN(C(=O)Cc2cccc(C(F)(F)F)c2)CC(=O)N1. The van der Waals surface area contributed by atoms with Crippen LogP contribution in [0.3, 0.4) is 0 Å². The summed E-state index contributed by atoms with van der Waals surface area (Å²) < 4.78 is 37.7. The second-order valence-electron chi connectivity index (χ2n) is 4.60. The number of halogens is 3. The summed E-state index contributed by atoms with van der Waals surface area (Å²) in [5.74, 6) is -1.79. The fourth-order valence-corrected chi connectivity index (χ4v) is 1.96. The predicted octanol–water partition coefficient (Wildman–Crippen LogP) is 0.733. The molecule has 112 valence electrons. The molecule has 0 unspecified atom stereocenters. The maximum Gasteiger partial charge on any atom is 0.416 e. The topological polar surface area (TPSA) is 66.5 Å². The summed E-state index contributed by atoms with van der Waals surface area (Å²) in [5.41, 5.74) is -0.673. The third-order valence-corrected chi connectivity index (χ3v) is 2.91. The summed E-state index contributed by atoms with van der Waals surface area (Å²) in [6.45, 7) is -0.549. The molecule has 0 spiro atoms. The molecule has 1 saturated heterocycles. The molecule has 0 radical (unpaired) electrons. The number of alkyl halides is 3. The van der Waals surface area contributed by atoms with E-state index in [1.54, 1.807) is 0 Å². The first-order valence-corrected chi connectivity index (χ1v) is 6.02. The van der Waals surface area contributed by atoms with Crippen LogP contribution in [-0.2, 0) is 27.0 Å². The van der Waals surface area contributed by atoms with Crippen molar-refractivity contribution in [3.05, 3.63) is 35.4 Å². The van der Waals surface area contributed by atoms with Crippen molar-refractivity contribution in [2.75, 3.05) is 13.1 Å². The van der Waals surface area contributed by atoms with E-state index in [4.69, 9.17) is 0 Å². The van der Waals surface area contributed by atoms with Crippen LogP contribution < -0.4 is 5.32 Å². The smallest absolute Gasteiger partial charge is 0.324 e. The number of nitrogens with one attached hydrogen (secondary N) is 1. The first-order chi connectivity index (χ1) is 9.75. The Morgan fingerprint density at radius 2 is 1.81 bits per heavy atom. The summed E-state index contributed by atoms with van der Waals surface area (Å²) in [4.78, 5) is 35.3. The third-order valence-electron chi connectivity index (χ3n) is 2.91. The Bertz CT molecular complexity index is 583. The molecule has 0 bridgehead atoms. The van der Waals surface area contributed by atoms with Crippen molar-refractivity contribution >= 4 is 17.7 Å². The van der Waals surface area contributed by atoms with E-state index < -0.39 is 29.5 Å². The fourth-order valence-electron chi connectivity index (χ4n) is 1.96. The van der Waals surface area contributed by atoms with E-state index in [9.17, 15) is 27.6 Å². The standard InChI is InChI=1S/C13H11F3N2O3/c14-13(15,16)9-3-1-2-8(4-9)5-12(21)18-6-10(19)17-11(20)7-18/h1-4H,5-7H2,(H,17,19,20). The van der Waals surface area contributed by atoms with Gasteiger partial charge in [0.2, 0.25) is 17.7 Å². The van der Waals surface area contributed by atoms with Gasteiger partial charge < -0.3 is 4.90 Å². The Hall–Kier alpha value is -2.38. The van der Waals surface area contributed by atoms with Crippen molar-refractivity contribution in [2.24, 2.45) is 0 Å². The number of hydrogen-bond acceptors (Lipinski definition) is 3. The monoisotopic (exact) mass is 300 g/mol. The van der Waals surface area contributed by atoms with Gasteiger partial charge in [-0.1, -0.05) is 18.2 Å². The number of piperazine rings is 1. The summed E-state index contributed by atoms with van der Waals surface area (Å²) in [5, 5.41) is 2.04. The molecule has 5 nitrogen and oxygen atoms in total. The zero-order valence-corrected chi connectivity index (χ0v) is 10.7. The zero-order chi connectivity index (χ0) is 15.6. The first-order valence-electron chi connectivity index (χ1n) is 6.02. The summed E-state index contributed by atoms with van der Waals surface area (Å²) in [7, 11) is 0. The van der Waals surface area contributed by atoms with E-state index >= 15 is 0 Å². The molecule has 1 aromatic rings.